The summed E-state index contributed by atoms with van der Waals surface area (Å²) < 4.78 is 33.1. The van der Waals surface area contributed by atoms with Crippen LogP contribution in [0.25, 0.3) is 10.6 Å². The SMILES string of the molecule is [2H]C([2H])([2H])NC(=O)c1nnc(NC(=O)C2CC2)cc1Nc1cccc(-c2ncc(NC(=O)OC(C)(C)C)s2)c1OC. The summed E-state index contributed by atoms with van der Waals surface area (Å²) in [4.78, 5) is 41.6. The van der Waals surface area contributed by atoms with E-state index < -0.39 is 24.6 Å². The summed E-state index contributed by atoms with van der Waals surface area (Å²) in [6.45, 7) is 2.51. The molecule has 3 aromatic rings. The Morgan fingerprint density at radius 3 is 2.61 bits per heavy atom. The van der Waals surface area contributed by atoms with Gasteiger partial charge >= 0.3 is 6.09 Å². The number of hydrogen-bond acceptors (Lipinski definition) is 10. The molecule has 1 fully saturated rings. The van der Waals surface area contributed by atoms with Crippen LogP contribution >= 0.6 is 11.3 Å². The zero-order chi connectivity index (χ0) is 29.9. The van der Waals surface area contributed by atoms with Crippen molar-refractivity contribution < 1.29 is 28.0 Å². The molecule has 38 heavy (non-hydrogen) atoms. The first-order valence-electron chi connectivity index (χ1n) is 13.1. The van der Waals surface area contributed by atoms with Crippen LogP contribution in [0.15, 0.2) is 30.5 Å². The number of aromatic nitrogens is 3. The number of amides is 3. The van der Waals surface area contributed by atoms with Crippen molar-refractivity contribution in [1.82, 2.24) is 20.5 Å². The van der Waals surface area contributed by atoms with Gasteiger partial charge in [0.2, 0.25) is 5.91 Å². The molecule has 0 radical (unpaired) electrons. The number of ether oxygens (including phenoxy) is 2. The van der Waals surface area contributed by atoms with Crippen LogP contribution in [0.4, 0.5) is 27.0 Å². The zero-order valence-corrected chi connectivity index (χ0v) is 22.0. The number of rotatable bonds is 8. The Balaban J connectivity index is 1.65. The summed E-state index contributed by atoms with van der Waals surface area (Å²) in [6.07, 6.45) is 2.42. The normalized spacial score (nSPS) is 14.4. The average Bonchev–Trinajstić information content (AvgIpc) is 3.61. The molecule has 1 aliphatic carbocycles. The number of benzene rings is 1. The molecule has 1 aromatic carbocycles. The fourth-order valence-corrected chi connectivity index (χ4v) is 4.20. The van der Waals surface area contributed by atoms with Crippen molar-refractivity contribution in [3.8, 4) is 16.3 Å². The lowest BCUT2D eigenvalue weighted by molar-refractivity contribution is -0.117. The standard InChI is InChI=1S/C25H29N7O5S/c1-25(2,3)37-24(35)30-18-12-27-23(38-18)14-7-6-8-15(20(14)36-5)28-16-11-17(29-21(33)13-9-10-13)31-32-19(16)22(34)26-4/h6-8,11-13H,9-10H2,1-5H3,(H,26,34)(H,30,35)(H2,28,29,31,33)/i4D3. The maximum atomic E-state index is 12.8. The van der Waals surface area contributed by atoms with E-state index in [2.05, 4.69) is 31.1 Å². The molecular formula is C25H29N7O5S. The molecule has 2 heterocycles. The first kappa shape index (κ1) is 22.9. The van der Waals surface area contributed by atoms with Gasteiger partial charge in [-0.2, -0.15) is 0 Å². The predicted molar refractivity (Wildman–Crippen MR) is 144 cm³/mol. The van der Waals surface area contributed by atoms with E-state index in [0.29, 0.717) is 27.0 Å². The van der Waals surface area contributed by atoms with Gasteiger partial charge < -0.3 is 25.4 Å². The summed E-state index contributed by atoms with van der Waals surface area (Å²) in [5.74, 6) is -0.885. The second-order valence-corrected chi connectivity index (χ2v) is 10.4. The van der Waals surface area contributed by atoms with E-state index in [1.54, 1.807) is 39.0 Å². The highest BCUT2D eigenvalue weighted by Gasteiger charge is 2.30. The van der Waals surface area contributed by atoms with E-state index in [-0.39, 0.29) is 29.0 Å². The van der Waals surface area contributed by atoms with Crippen LogP contribution in [0.1, 0.15) is 48.2 Å². The van der Waals surface area contributed by atoms with Crippen LogP contribution < -0.4 is 26.0 Å². The van der Waals surface area contributed by atoms with Crippen LogP contribution in [-0.2, 0) is 9.53 Å². The highest BCUT2D eigenvalue weighted by molar-refractivity contribution is 7.19. The highest BCUT2D eigenvalue weighted by atomic mass is 32.1. The molecule has 12 nitrogen and oxygen atoms in total. The second-order valence-electron chi connectivity index (χ2n) is 9.38. The van der Waals surface area contributed by atoms with E-state index in [9.17, 15) is 14.4 Å². The first-order valence-corrected chi connectivity index (χ1v) is 12.5. The molecule has 4 rings (SSSR count). The number of hydrogen-bond donors (Lipinski definition) is 4. The van der Waals surface area contributed by atoms with Crippen molar-refractivity contribution in [1.29, 1.82) is 0 Å². The number of nitrogens with one attached hydrogen (secondary N) is 4. The summed E-state index contributed by atoms with van der Waals surface area (Å²) >= 11 is 1.19. The molecule has 2 aromatic heterocycles. The van der Waals surface area contributed by atoms with Gasteiger partial charge in [0.25, 0.3) is 5.91 Å². The quantitative estimate of drug-likeness (QED) is 0.324. The molecule has 13 heteroatoms. The van der Waals surface area contributed by atoms with Gasteiger partial charge in [0.15, 0.2) is 17.3 Å². The van der Waals surface area contributed by atoms with Crippen LogP contribution in [-0.4, -0.2) is 52.8 Å². The maximum absolute atomic E-state index is 12.8. The van der Waals surface area contributed by atoms with Crippen molar-refractivity contribution in [2.75, 3.05) is 30.0 Å². The predicted octanol–water partition coefficient (Wildman–Crippen LogP) is 4.41. The molecule has 200 valence electrons. The summed E-state index contributed by atoms with van der Waals surface area (Å²) in [7, 11) is 1.45. The third kappa shape index (κ3) is 6.54. The van der Waals surface area contributed by atoms with Crippen molar-refractivity contribution in [3.63, 3.8) is 0 Å². The minimum Gasteiger partial charge on any atom is -0.494 e. The Labute approximate surface area is 227 Å². The topological polar surface area (TPSA) is 156 Å². The molecule has 0 bridgehead atoms. The van der Waals surface area contributed by atoms with Crippen LogP contribution in [0.3, 0.4) is 0 Å². The number of methoxy groups -OCH3 is 1. The fraction of sp³-hybridized carbons (Fsp3) is 0.360. The van der Waals surface area contributed by atoms with Crippen molar-refractivity contribution >= 4 is 51.4 Å². The van der Waals surface area contributed by atoms with E-state index >= 15 is 0 Å². The molecule has 0 unspecified atom stereocenters. The number of para-hydroxylation sites is 1. The van der Waals surface area contributed by atoms with Gasteiger partial charge in [0, 0.05) is 23.1 Å². The van der Waals surface area contributed by atoms with E-state index in [1.807, 2.05) is 5.32 Å². The van der Waals surface area contributed by atoms with E-state index in [1.165, 1.54) is 30.7 Å². The number of anilines is 4. The number of carbonyl (C=O) groups excluding carboxylic acids is 3. The molecule has 0 spiro atoms. The Hall–Kier alpha value is -4.26. The van der Waals surface area contributed by atoms with Crippen LogP contribution in [0.5, 0.6) is 5.75 Å². The second kappa shape index (κ2) is 11.0. The van der Waals surface area contributed by atoms with E-state index in [0.717, 1.165) is 12.8 Å². The van der Waals surface area contributed by atoms with Gasteiger partial charge in [-0.05, 0) is 45.7 Å². The van der Waals surface area contributed by atoms with Gasteiger partial charge in [0.1, 0.15) is 15.6 Å². The zero-order valence-electron chi connectivity index (χ0n) is 24.2. The molecule has 0 aliphatic heterocycles. The largest absolute Gasteiger partial charge is 0.494 e. The monoisotopic (exact) mass is 542 g/mol. The first-order chi connectivity index (χ1) is 19.2. The van der Waals surface area contributed by atoms with Crippen LogP contribution in [0, 0.1) is 5.92 Å². The lowest BCUT2D eigenvalue weighted by Crippen LogP contribution is -2.26. The van der Waals surface area contributed by atoms with Crippen LogP contribution in [0.2, 0.25) is 0 Å². The third-order valence-corrected chi connectivity index (χ3v) is 6.12. The minimum absolute atomic E-state index is 0.0784. The molecule has 1 aliphatic rings. The van der Waals surface area contributed by atoms with Gasteiger partial charge in [-0.1, -0.05) is 17.4 Å². The smallest absolute Gasteiger partial charge is 0.412 e. The van der Waals surface area contributed by atoms with Gasteiger partial charge in [-0.25, -0.2) is 9.78 Å². The fourth-order valence-electron chi connectivity index (χ4n) is 3.38. The summed E-state index contributed by atoms with van der Waals surface area (Å²) in [6, 6.07) is 6.54. The van der Waals surface area contributed by atoms with Gasteiger partial charge in [0.05, 0.1) is 30.2 Å². The highest BCUT2D eigenvalue weighted by Crippen LogP contribution is 2.41. The molecule has 0 atom stereocenters. The lowest BCUT2D eigenvalue weighted by atomic mass is 10.1. The lowest BCUT2D eigenvalue weighted by Gasteiger charge is -2.19. The molecule has 1 saturated carbocycles. The Morgan fingerprint density at radius 1 is 1.13 bits per heavy atom. The average molecular weight is 543 g/mol. The maximum Gasteiger partial charge on any atom is 0.412 e. The molecular weight excluding hydrogens is 510 g/mol. The summed E-state index contributed by atoms with van der Waals surface area (Å²) in [5.41, 5.74) is 0.0585. The third-order valence-electron chi connectivity index (χ3n) is 5.17. The molecule has 0 saturated heterocycles. The molecule has 3 amide bonds. The molecule has 4 N–H and O–H groups in total. The minimum atomic E-state index is -2.76. The van der Waals surface area contributed by atoms with Crippen molar-refractivity contribution in [2.24, 2.45) is 5.92 Å². The van der Waals surface area contributed by atoms with E-state index in [4.69, 9.17) is 13.6 Å². The number of carbonyl (C=O) groups is 3. The summed E-state index contributed by atoms with van der Waals surface area (Å²) in [5, 5.41) is 19.0. The van der Waals surface area contributed by atoms with Crippen molar-refractivity contribution in [2.45, 2.75) is 39.2 Å². The Morgan fingerprint density at radius 2 is 1.92 bits per heavy atom. The number of nitrogens with zero attached hydrogens (tertiary/aromatic N) is 3. The van der Waals surface area contributed by atoms with Gasteiger partial charge in [-0.15, -0.1) is 10.2 Å². The van der Waals surface area contributed by atoms with Crippen molar-refractivity contribution in [3.05, 3.63) is 36.2 Å². The Bertz CT molecular complexity index is 1470. The number of thiazole rings is 1. The van der Waals surface area contributed by atoms with Gasteiger partial charge in [-0.3, -0.25) is 14.9 Å². The Kier molecular flexibility index (Phi) is 6.63.